The highest BCUT2D eigenvalue weighted by atomic mass is 16.5. The van der Waals surface area contributed by atoms with Crippen LogP contribution < -0.4 is 5.32 Å². The van der Waals surface area contributed by atoms with Gasteiger partial charge >= 0.3 is 5.97 Å². The number of ether oxygens (including phenoxy) is 1. The summed E-state index contributed by atoms with van der Waals surface area (Å²) in [5.41, 5.74) is 1.09. The van der Waals surface area contributed by atoms with E-state index in [2.05, 4.69) is 14.9 Å². The minimum atomic E-state index is -0.160. The molecular weight excluding hydrogens is 230 g/mol. The first kappa shape index (κ1) is 13.1. The summed E-state index contributed by atoms with van der Waals surface area (Å²) in [7, 11) is 0. The van der Waals surface area contributed by atoms with Gasteiger partial charge in [0.25, 0.3) is 0 Å². The number of hydrogen-bond donors (Lipinski definition) is 1. The number of imidazole rings is 1. The molecule has 18 heavy (non-hydrogen) atoms. The van der Waals surface area contributed by atoms with Gasteiger partial charge in [-0.3, -0.25) is 4.79 Å². The molecule has 1 unspecified atom stereocenters. The standard InChI is InChI=1S/C13H21N3O2/c1-3-15-11(7-13(17)18-4-2)12-8-14-9-16(12)10-5-6-10/h8-11,15H,3-7H2,1-2H3. The maximum atomic E-state index is 11.6. The van der Waals surface area contributed by atoms with Crippen molar-refractivity contribution in [2.75, 3.05) is 13.2 Å². The number of esters is 1. The van der Waals surface area contributed by atoms with Crippen LogP contribution >= 0.6 is 0 Å². The van der Waals surface area contributed by atoms with Gasteiger partial charge < -0.3 is 14.6 Å². The Hall–Kier alpha value is -1.36. The molecule has 0 aromatic carbocycles. The largest absolute Gasteiger partial charge is 0.466 e. The number of rotatable bonds is 7. The van der Waals surface area contributed by atoms with E-state index in [9.17, 15) is 4.79 Å². The normalized spacial score (nSPS) is 16.6. The van der Waals surface area contributed by atoms with Gasteiger partial charge in [-0.2, -0.15) is 0 Å². The van der Waals surface area contributed by atoms with Gasteiger partial charge in [-0.05, 0) is 26.3 Å². The topological polar surface area (TPSA) is 56.1 Å². The van der Waals surface area contributed by atoms with E-state index in [4.69, 9.17) is 4.74 Å². The van der Waals surface area contributed by atoms with Crippen molar-refractivity contribution in [1.29, 1.82) is 0 Å². The summed E-state index contributed by atoms with van der Waals surface area (Å²) < 4.78 is 7.21. The SMILES string of the molecule is CCNC(CC(=O)OCC)c1cncn1C1CC1. The van der Waals surface area contributed by atoms with Crippen molar-refractivity contribution in [2.45, 2.75) is 45.2 Å². The second-order valence-electron chi connectivity index (χ2n) is 4.58. The van der Waals surface area contributed by atoms with Crippen LogP contribution in [0.5, 0.6) is 0 Å². The fourth-order valence-corrected chi connectivity index (χ4v) is 2.16. The third-order valence-electron chi connectivity index (χ3n) is 3.12. The van der Waals surface area contributed by atoms with E-state index in [1.807, 2.05) is 26.4 Å². The zero-order valence-electron chi connectivity index (χ0n) is 11.1. The Kier molecular flexibility index (Phi) is 4.36. The van der Waals surface area contributed by atoms with Gasteiger partial charge in [-0.25, -0.2) is 4.98 Å². The zero-order chi connectivity index (χ0) is 13.0. The summed E-state index contributed by atoms with van der Waals surface area (Å²) in [6, 6.07) is 0.572. The van der Waals surface area contributed by atoms with Gasteiger partial charge in [0.1, 0.15) is 0 Å². The smallest absolute Gasteiger partial charge is 0.307 e. The molecule has 0 saturated heterocycles. The van der Waals surface area contributed by atoms with Crippen molar-refractivity contribution in [1.82, 2.24) is 14.9 Å². The van der Waals surface area contributed by atoms with E-state index in [-0.39, 0.29) is 12.0 Å². The molecule has 0 bridgehead atoms. The molecular formula is C13H21N3O2. The predicted octanol–water partition coefficient (Wildman–Crippen LogP) is 1.82. The highest BCUT2D eigenvalue weighted by Gasteiger charge is 2.28. The van der Waals surface area contributed by atoms with Crippen LogP contribution in [0.2, 0.25) is 0 Å². The van der Waals surface area contributed by atoms with Crippen molar-refractivity contribution in [2.24, 2.45) is 0 Å². The third kappa shape index (κ3) is 3.10. The Balaban J connectivity index is 2.07. The van der Waals surface area contributed by atoms with Crippen LogP contribution in [-0.4, -0.2) is 28.7 Å². The number of carbonyl (C=O) groups excluding carboxylic acids is 1. The molecule has 1 atom stereocenters. The third-order valence-corrected chi connectivity index (χ3v) is 3.12. The van der Waals surface area contributed by atoms with Crippen LogP contribution in [0.25, 0.3) is 0 Å². The van der Waals surface area contributed by atoms with Gasteiger partial charge in [0.15, 0.2) is 0 Å². The maximum absolute atomic E-state index is 11.6. The van der Waals surface area contributed by atoms with Crippen molar-refractivity contribution in [3.8, 4) is 0 Å². The van der Waals surface area contributed by atoms with Crippen LogP contribution in [0.1, 0.15) is 50.9 Å². The second kappa shape index (κ2) is 6.00. The lowest BCUT2D eigenvalue weighted by Crippen LogP contribution is -2.26. The summed E-state index contributed by atoms with van der Waals surface area (Å²) in [6.45, 7) is 5.12. The molecule has 100 valence electrons. The molecule has 1 aliphatic rings. The number of carbonyl (C=O) groups is 1. The molecule has 5 nitrogen and oxygen atoms in total. The first-order chi connectivity index (χ1) is 8.76. The first-order valence-electron chi connectivity index (χ1n) is 6.67. The zero-order valence-corrected chi connectivity index (χ0v) is 11.1. The van der Waals surface area contributed by atoms with Crippen LogP contribution in [0.15, 0.2) is 12.5 Å². The Bertz CT molecular complexity index is 399. The fraction of sp³-hybridized carbons (Fsp3) is 0.692. The first-order valence-corrected chi connectivity index (χ1v) is 6.67. The number of nitrogens with zero attached hydrogens (tertiary/aromatic N) is 2. The Morgan fingerprint density at radius 2 is 2.39 bits per heavy atom. The molecule has 0 amide bonds. The Morgan fingerprint density at radius 3 is 3.00 bits per heavy atom. The summed E-state index contributed by atoms with van der Waals surface area (Å²) in [6.07, 6.45) is 6.50. The lowest BCUT2D eigenvalue weighted by Gasteiger charge is -2.18. The van der Waals surface area contributed by atoms with Crippen molar-refractivity contribution < 1.29 is 9.53 Å². The van der Waals surface area contributed by atoms with E-state index in [1.54, 1.807) is 0 Å². The Labute approximate surface area is 108 Å². The molecule has 1 saturated carbocycles. The van der Waals surface area contributed by atoms with Crippen LogP contribution in [0, 0.1) is 0 Å². The Morgan fingerprint density at radius 1 is 1.61 bits per heavy atom. The number of aromatic nitrogens is 2. The monoisotopic (exact) mass is 251 g/mol. The van der Waals surface area contributed by atoms with Gasteiger partial charge in [0, 0.05) is 12.2 Å². The van der Waals surface area contributed by atoms with Crippen LogP contribution in [0.3, 0.4) is 0 Å². The molecule has 2 rings (SSSR count). The lowest BCUT2D eigenvalue weighted by atomic mass is 10.1. The van der Waals surface area contributed by atoms with Crippen molar-refractivity contribution in [3.63, 3.8) is 0 Å². The molecule has 1 aromatic heterocycles. The average Bonchev–Trinajstić information content (AvgIpc) is 3.07. The van der Waals surface area contributed by atoms with Crippen LogP contribution in [0.4, 0.5) is 0 Å². The quantitative estimate of drug-likeness (QED) is 0.751. The molecule has 1 aromatic rings. The summed E-state index contributed by atoms with van der Waals surface area (Å²) in [4.78, 5) is 15.8. The maximum Gasteiger partial charge on any atom is 0.307 e. The highest BCUT2D eigenvalue weighted by Crippen LogP contribution is 2.37. The van der Waals surface area contributed by atoms with E-state index < -0.39 is 0 Å². The van der Waals surface area contributed by atoms with Gasteiger partial charge in [0.05, 0.1) is 31.1 Å². The van der Waals surface area contributed by atoms with E-state index >= 15 is 0 Å². The lowest BCUT2D eigenvalue weighted by molar-refractivity contribution is -0.143. The number of nitrogens with one attached hydrogen (secondary N) is 1. The minimum absolute atomic E-state index is 0.00264. The molecule has 1 N–H and O–H groups in total. The van der Waals surface area contributed by atoms with Gasteiger partial charge in [0.2, 0.25) is 0 Å². The van der Waals surface area contributed by atoms with E-state index in [0.717, 1.165) is 12.2 Å². The predicted molar refractivity (Wildman–Crippen MR) is 68.2 cm³/mol. The highest BCUT2D eigenvalue weighted by molar-refractivity contribution is 5.70. The van der Waals surface area contributed by atoms with Gasteiger partial charge in [-0.15, -0.1) is 0 Å². The molecule has 5 heteroatoms. The van der Waals surface area contributed by atoms with Gasteiger partial charge in [-0.1, -0.05) is 6.92 Å². The number of hydrogen-bond acceptors (Lipinski definition) is 4. The summed E-state index contributed by atoms with van der Waals surface area (Å²) in [5, 5.41) is 3.34. The fourth-order valence-electron chi connectivity index (χ4n) is 2.16. The molecule has 1 aliphatic carbocycles. The molecule has 0 aliphatic heterocycles. The van der Waals surface area contributed by atoms with E-state index in [0.29, 0.717) is 19.1 Å². The van der Waals surface area contributed by atoms with E-state index in [1.165, 1.54) is 12.8 Å². The van der Waals surface area contributed by atoms with Crippen LogP contribution in [-0.2, 0) is 9.53 Å². The second-order valence-corrected chi connectivity index (χ2v) is 4.58. The van der Waals surface area contributed by atoms with Crippen molar-refractivity contribution >= 4 is 5.97 Å². The summed E-state index contributed by atoms with van der Waals surface area (Å²) >= 11 is 0. The molecule has 0 spiro atoms. The minimum Gasteiger partial charge on any atom is -0.466 e. The molecule has 1 heterocycles. The average molecular weight is 251 g/mol. The molecule has 1 fully saturated rings. The van der Waals surface area contributed by atoms with Crippen molar-refractivity contribution in [3.05, 3.63) is 18.2 Å². The summed E-state index contributed by atoms with van der Waals surface area (Å²) in [5.74, 6) is -0.160. The molecule has 0 radical (unpaired) electrons.